The van der Waals surface area contributed by atoms with E-state index in [1.165, 1.54) is 54.7 Å². The van der Waals surface area contributed by atoms with Gasteiger partial charge in [-0.05, 0) is 0 Å². The van der Waals surface area contributed by atoms with Crippen LogP contribution in [0.2, 0.25) is 0 Å². The van der Waals surface area contributed by atoms with E-state index in [1.807, 2.05) is 0 Å². The summed E-state index contributed by atoms with van der Waals surface area (Å²) in [5.41, 5.74) is 12.4. The summed E-state index contributed by atoms with van der Waals surface area (Å²) in [7, 11) is 0. The fourth-order valence-electron chi connectivity index (χ4n) is 4.42. The van der Waals surface area contributed by atoms with Gasteiger partial charge in [0.25, 0.3) is 0 Å². The third-order valence-corrected chi connectivity index (χ3v) is 7.98. The van der Waals surface area contributed by atoms with Gasteiger partial charge in [0.05, 0.1) is 0 Å². The van der Waals surface area contributed by atoms with E-state index >= 15 is 0 Å². The fourth-order valence-corrected chi connectivity index (χ4v) is 6.65. The van der Waals surface area contributed by atoms with E-state index in [0.29, 0.717) is 0 Å². The predicted octanol–water partition coefficient (Wildman–Crippen LogP) is 5.80. The van der Waals surface area contributed by atoms with Crippen LogP contribution in [0.1, 0.15) is 47.2 Å². The second kappa shape index (κ2) is 8.88. The van der Waals surface area contributed by atoms with Crippen molar-refractivity contribution in [3.63, 3.8) is 0 Å². The molecule has 1 heterocycles. The van der Waals surface area contributed by atoms with Gasteiger partial charge in [-0.2, -0.15) is 0 Å². The number of nitrogens with zero attached hydrogens (tertiary/aromatic N) is 2. The van der Waals surface area contributed by atoms with Crippen molar-refractivity contribution >= 4 is 20.3 Å². The fraction of sp³-hybridized carbons (Fsp3) is 0.385. The molecule has 0 radical (unpaired) electrons. The summed E-state index contributed by atoms with van der Waals surface area (Å²) in [6.45, 7) is 19.9. The minimum absolute atomic E-state index is 0.0328. The standard InChI is InChI=1S/C21H26N2.C5H8.Ru/c1-14-9-16(3)20(17(4)10-14)22-7-8-23(13-22)21-18(5)11-15(2)12-19(21)6;1-4-5(2)3;/h9-12H,7-8H2,1-6H3;2,4H,1,3H3;. The molecular weight excluding hydrogens is 441 g/mol. The van der Waals surface area contributed by atoms with Gasteiger partial charge in [-0.3, -0.25) is 0 Å². The number of hydrogen-bond acceptors (Lipinski definition) is 2. The second-order valence-electron chi connectivity index (χ2n) is 8.29. The van der Waals surface area contributed by atoms with Gasteiger partial charge in [0, 0.05) is 0 Å². The van der Waals surface area contributed by atoms with Crippen molar-refractivity contribution in [2.45, 2.75) is 55.4 Å². The van der Waals surface area contributed by atoms with Gasteiger partial charge in [-0.1, -0.05) is 0 Å². The van der Waals surface area contributed by atoms with Gasteiger partial charge in [-0.15, -0.1) is 0 Å². The summed E-state index contributed by atoms with van der Waals surface area (Å²) in [6, 6.07) is 9.29. The molecule has 3 heteroatoms. The molecule has 2 aromatic carbocycles. The van der Waals surface area contributed by atoms with Gasteiger partial charge in [0.1, 0.15) is 0 Å². The van der Waals surface area contributed by atoms with Crippen LogP contribution in [0.4, 0.5) is 11.4 Å². The van der Waals surface area contributed by atoms with Crippen LogP contribution in [0.25, 0.3) is 0 Å². The SMILES string of the molecule is CC=C(C)[CH]=[Ru]=[C]1N(c2c(C)cc(C)cc2C)CCN1c1c(C)cc(C)cc1C. The Morgan fingerprint density at radius 2 is 1.14 bits per heavy atom. The molecule has 156 valence electrons. The first-order valence-corrected chi connectivity index (χ1v) is 12.2. The maximum atomic E-state index is 2.60. The van der Waals surface area contributed by atoms with Crippen LogP contribution in [-0.2, 0) is 16.2 Å². The van der Waals surface area contributed by atoms with Gasteiger partial charge in [-0.25, -0.2) is 0 Å². The van der Waals surface area contributed by atoms with Crippen molar-refractivity contribution < 1.29 is 16.2 Å². The molecule has 0 aromatic heterocycles. The van der Waals surface area contributed by atoms with Crippen molar-refractivity contribution in [1.29, 1.82) is 0 Å². The maximum absolute atomic E-state index is 2.60. The third kappa shape index (κ3) is 4.51. The van der Waals surface area contributed by atoms with Crippen LogP contribution in [0.3, 0.4) is 0 Å². The molecule has 0 amide bonds. The summed E-state index contributed by atoms with van der Waals surface area (Å²) < 4.78 is 3.92. The van der Waals surface area contributed by atoms with Crippen molar-refractivity contribution in [2.75, 3.05) is 22.9 Å². The molecule has 0 unspecified atom stereocenters. The second-order valence-corrected chi connectivity index (χ2v) is 10.1. The molecule has 0 bridgehead atoms. The number of anilines is 2. The molecule has 29 heavy (non-hydrogen) atoms. The Balaban J connectivity index is 2.20. The Hall–Kier alpha value is -1.86. The zero-order chi connectivity index (χ0) is 21.3. The molecule has 0 atom stereocenters. The van der Waals surface area contributed by atoms with Crippen LogP contribution in [0.5, 0.6) is 0 Å². The monoisotopic (exact) mass is 476 g/mol. The average molecular weight is 476 g/mol. The Kier molecular flexibility index (Phi) is 6.69. The van der Waals surface area contributed by atoms with Crippen LogP contribution < -0.4 is 9.80 Å². The molecule has 1 aliphatic rings. The molecule has 0 aliphatic carbocycles. The molecule has 0 spiro atoms. The summed E-state index contributed by atoms with van der Waals surface area (Å²) >= 11 is -0.0328. The molecular formula is C26H34N2Ru. The topological polar surface area (TPSA) is 6.48 Å². The average Bonchev–Trinajstić information content (AvgIpc) is 3.01. The first-order chi connectivity index (χ1) is 13.7. The first-order valence-electron chi connectivity index (χ1n) is 10.4. The Bertz CT molecular complexity index is 925. The summed E-state index contributed by atoms with van der Waals surface area (Å²) in [4.78, 5) is 5.20. The minimum atomic E-state index is -0.0328. The number of rotatable bonds is 3. The van der Waals surface area contributed by atoms with E-state index in [-0.39, 0.29) is 16.2 Å². The molecule has 2 nitrogen and oxygen atoms in total. The van der Waals surface area contributed by atoms with Crippen LogP contribution >= 0.6 is 0 Å². The van der Waals surface area contributed by atoms with E-state index in [9.17, 15) is 0 Å². The number of aryl methyl sites for hydroxylation is 6. The van der Waals surface area contributed by atoms with E-state index in [4.69, 9.17) is 0 Å². The number of allylic oxidation sites excluding steroid dienone is 2. The molecule has 1 saturated heterocycles. The van der Waals surface area contributed by atoms with Crippen molar-refractivity contribution in [1.82, 2.24) is 0 Å². The van der Waals surface area contributed by atoms with Gasteiger partial charge in [0.15, 0.2) is 0 Å². The summed E-state index contributed by atoms with van der Waals surface area (Å²) in [5.74, 6) is 0. The zero-order valence-electron chi connectivity index (χ0n) is 19.1. The van der Waals surface area contributed by atoms with E-state index < -0.39 is 0 Å². The van der Waals surface area contributed by atoms with Crippen molar-refractivity contribution in [2.24, 2.45) is 0 Å². The molecule has 2 aromatic rings. The molecule has 1 aliphatic heterocycles. The molecule has 0 saturated carbocycles. The van der Waals surface area contributed by atoms with Gasteiger partial charge in [0.2, 0.25) is 0 Å². The first kappa shape index (κ1) is 21.8. The van der Waals surface area contributed by atoms with E-state index in [2.05, 4.69) is 100 Å². The molecule has 1 fully saturated rings. The van der Waals surface area contributed by atoms with Crippen molar-refractivity contribution in [3.8, 4) is 0 Å². The van der Waals surface area contributed by atoms with Crippen LogP contribution in [0, 0.1) is 41.5 Å². The van der Waals surface area contributed by atoms with E-state index in [1.54, 1.807) is 0 Å². The Labute approximate surface area is 183 Å². The predicted molar refractivity (Wildman–Crippen MR) is 127 cm³/mol. The third-order valence-electron chi connectivity index (χ3n) is 5.55. The van der Waals surface area contributed by atoms with Crippen molar-refractivity contribution in [3.05, 3.63) is 69.3 Å². The normalized spacial score (nSPS) is 14.8. The quantitative estimate of drug-likeness (QED) is 0.518. The van der Waals surface area contributed by atoms with Gasteiger partial charge < -0.3 is 0 Å². The molecule has 3 rings (SSSR count). The summed E-state index contributed by atoms with van der Waals surface area (Å²) in [6.07, 6.45) is 2.21. The summed E-state index contributed by atoms with van der Waals surface area (Å²) in [5, 5.41) is 0. The Morgan fingerprint density at radius 3 is 1.48 bits per heavy atom. The van der Waals surface area contributed by atoms with Crippen LogP contribution in [-0.4, -0.2) is 22.1 Å². The number of hydrogen-bond donors (Lipinski definition) is 0. The zero-order valence-corrected chi connectivity index (χ0v) is 20.9. The molecule has 0 N–H and O–H groups in total. The van der Waals surface area contributed by atoms with E-state index in [0.717, 1.165) is 13.1 Å². The van der Waals surface area contributed by atoms with Gasteiger partial charge >= 0.3 is 184 Å². The Morgan fingerprint density at radius 1 is 0.759 bits per heavy atom. The number of benzene rings is 2. The van der Waals surface area contributed by atoms with Crippen LogP contribution in [0.15, 0.2) is 35.9 Å².